The Balaban J connectivity index is 1.90. The minimum absolute atomic E-state index is 0.346. The number of nitrogens with zero attached hydrogens (tertiary/aromatic N) is 3. The molecule has 0 unspecified atom stereocenters. The van der Waals surface area contributed by atoms with E-state index in [4.69, 9.17) is 11.6 Å². The zero-order chi connectivity index (χ0) is 15.6. The van der Waals surface area contributed by atoms with Gasteiger partial charge in [0.2, 0.25) is 5.28 Å². The molecule has 118 valence electrons. The summed E-state index contributed by atoms with van der Waals surface area (Å²) < 4.78 is 0. The Bertz CT molecular complexity index is 808. The molecule has 0 atom stereocenters. The van der Waals surface area contributed by atoms with Crippen LogP contribution in [0.15, 0.2) is 35.7 Å². The summed E-state index contributed by atoms with van der Waals surface area (Å²) in [5.41, 5.74) is 2.42. The van der Waals surface area contributed by atoms with Crippen LogP contribution in [-0.2, 0) is 0 Å². The minimum Gasteiger partial charge on any atom is -0.356 e. The van der Waals surface area contributed by atoms with Gasteiger partial charge in [-0.1, -0.05) is 43.2 Å². The van der Waals surface area contributed by atoms with Gasteiger partial charge in [-0.05, 0) is 30.0 Å². The van der Waals surface area contributed by atoms with Crippen LogP contribution in [0.25, 0.3) is 21.3 Å². The third-order valence-corrected chi connectivity index (χ3v) is 5.42. The van der Waals surface area contributed by atoms with Crippen LogP contribution in [0.1, 0.15) is 25.7 Å². The monoisotopic (exact) mass is 343 g/mol. The first-order valence-electron chi connectivity index (χ1n) is 8.08. The number of fused-ring (bicyclic) bond motifs is 1. The van der Waals surface area contributed by atoms with E-state index in [2.05, 4.69) is 44.5 Å². The predicted molar refractivity (Wildman–Crippen MR) is 98.5 cm³/mol. The number of hydrogen-bond acceptors (Lipinski definition) is 4. The maximum Gasteiger partial charge on any atom is 0.225 e. The summed E-state index contributed by atoms with van der Waals surface area (Å²) in [4.78, 5) is 12.4. The van der Waals surface area contributed by atoms with E-state index in [0.717, 1.165) is 29.1 Å². The molecule has 1 saturated heterocycles. The Kier molecular flexibility index (Phi) is 4.19. The Morgan fingerprint density at radius 2 is 1.70 bits per heavy atom. The van der Waals surface area contributed by atoms with E-state index < -0.39 is 0 Å². The summed E-state index contributed by atoms with van der Waals surface area (Å²) in [6.07, 6.45) is 5.03. The molecule has 3 nitrogen and oxygen atoms in total. The average molecular weight is 344 g/mol. The molecule has 5 heteroatoms. The fraction of sp³-hybridized carbons (Fsp3) is 0.333. The third kappa shape index (κ3) is 2.93. The molecule has 0 saturated carbocycles. The molecule has 1 aromatic carbocycles. The minimum atomic E-state index is 0.346. The lowest BCUT2D eigenvalue weighted by Crippen LogP contribution is -2.25. The molecule has 0 aliphatic carbocycles. The molecule has 0 bridgehead atoms. The van der Waals surface area contributed by atoms with Crippen LogP contribution in [0.4, 0.5) is 5.82 Å². The van der Waals surface area contributed by atoms with E-state index in [1.165, 1.54) is 36.8 Å². The quantitative estimate of drug-likeness (QED) is 0.584. The van der Waals surface area contributed by atoms with Crippen LogP contribution in [0, 0.1) is 0 Å². The van der Waals surface area contributed by atoms with Crippen LogP contribution in [0.5, 0.6) is 0 Å². The van der Waals surface area contributed by atoms with Gasteiger partial charge < -0.3 is 4.90 Å². The van der Waals surface area contributed by atoms with Crippen molar-refractivity contribution in [2.24, 2.45) is 0 Å². The normalized spacial score (nSPS) is 15.8. The predicted octanol–water partition coefficient (Wildman–Crippen LogP) is 5.39. The second-order valence-electron chi connectivity index (χ2n) is 5.91. The van der Waals surface area contributed by atoms with Crippen molar-refractivity contribution in [3.8, 4) is 11.1 Å². The molecule has 3 aromatic rings. The van der Waals surface area contributed by atoms with Crippen LogP contribution in [0.2, 0.25) is 5.28 Å². The molecule has 23 heavy (non-hydrogen) atoms. The molecular weight excluding hydrogens is 326 g/mol. The van der Waals surface area contributed by atoms with Gasteiger partial charge >= 0.3 is 0 Å². The first-order chi connectivity index (χ1) is 11.3. The van der Waals surface area contributed by atoms with Crippen LogP contribution in [-0.4, -0.2) is 23.1 Å². The summed E-state index contributed by atoms with van der Waals surface area (Å²) in [6, 6.07) is 10.5. The van der Waals surface area contributed by atoms with Crippen molar-refractivity contribution in [1.29, 1.82) is 0 Å². The number of rotatable bonds is 2. The lowest BCUT2D eigenvalue weighted by Gasteiger charge is -2.22. The van der Waals surface area contributed by atoms with Gasteiger partial charge in [-0.15, -0.1) is 11.3 Å². The van der Waals surface area contributed by atoms with Crippen molar-refractivity contribution >= 4 is 39.0 Å². The first kappa shape index (κ1) is 14.9. The smallest absolute Gasteiger partial charge is 0.225 e. The first-order valence-corrected chi connectivity index (χ1v) is 9.34. The van der Waals surface area contributed by atoms with Gasteiger partial charge in [-0.3, -0.25) is 0 Å². The molecule has 0 spiro atoms. The zero-order valence-corrected chi connectivity index (χ0v) is 14.4. The van der Waals surface area contributed by atoms with E-state index in [-0.39, 0.29) is 0 Å². The standard InChI is InChI=1S/C18H18ClN3S/c19-18-20-16(22-10-6-1-2-7-11-22)15-14(12-23-17(15)21-18)13-8-4-3-5-9-13/h3-5,8-9,12H,1-2,6-7,10-11H2. The maximum atomic E-state index is 6.20. The van der Waals surface area contributed by atoms with E-state index in [1.807, 2.05) is 6.07 Å². The van der Waals surface area contributed by atoms with Crippen molar-refractivity contribution in [2.45, 2.75) is 25.7 Å². The highest BCUT2D eigenvalue weighted by Gasteiger charge is 2.20. The van der Waals surface area contributed by atoms with E-state index in [9.17, 15) is 0 Å². The average Bonchev–Trinajstić information content (AvgIpc) is 2.81. The Morgan fingerprint density at radius 1 is 0.957 bits per heavy atom. The van der Waals surface area contributed by atoms with Crippen molar-refractivity contribution in [3.63, 3.8) is 0 Å². The lowest BCUT2D eigenvalue weighted by atomic mass is 10.1. The molecule has 3 heterocycles. The topological polar surface area (TPSA) is 29.0 Å². The Hall–Kier alpha value is -1.65. The zero-order valence-electron chi connectivity index (χ0n) is 12.8. The number of benzene rings is 1. The SMILES string of the molecule is Clc1nc(N2CCCCCC2)c2c(-c3ccccc3)csc2n1. The number of hydrogen-bond donors (Lipinski definition) is 0. The Morgan fingerprint density at radius 3 is 2.43 bits per heavy atom. The number of aromatic nitrogens is 2. The van der Waals surface area contributed by atoms with Gasteiger partial charge in [-0.2, -0.15) is 4.98 Å². The van der Waals surface area contributed by atoms with Gasteiger partial charge in [0, 0.05) is 24.0 Å². The van der Waals surface area contributed by atoms with Crippen molar-refractivity contribution in [3.05, 3.63) is 41.0 Å². The second-order valence-corrected chi connectivity index (χ2v) is 7.11. The molecule has 0 amide bonds. The summed E-state index contributed by atoms with van der Waals surface area (Å²) >= 11 is 7.84. The van der Waals surface area contributed by atoms with Crippen LogP contribution in [0.3, 0.4) is 0 Å². The van der Waals surface area contributed by atoms with Gasteiger partial charge in [0.15, 0.2) is 0 Å². The molecular formula is C18H18ClN3S. The highest BCUT2D eigenvalue weighted by molar-refractivity contribution is 7.17. The number of halogens is 1. The van der Waals surface area contributed by atoms with Crippen molar-refractivity contribution in [1.82, 2.24) is 9.97 Å². The van der Waals surface area contributed by atoms with Gasteiger partial charge in [0.05, 0.1) is 5.39 Å². The van der Waals surface area contributed by atoms with Gasteiger partial charge in [-0.25, -0.2) is 4.98 Å². The van der Waals surface area contributed by atoms with Crippen LogP contribution < -0.4 is 4.90 Å². The van der Waals surface area contributed by atoms with E-state index >= 15 is 0 Å². The molecule has 0 N–H and O–H groups in total. The summed E-state index contributed by atoms with van der Waals surface area (Å²) in [5.74, 6) is 1.00. The lowest BCUT2D eigenvalue weighted by molar-refractivity contribution is 0.726. The van der Waals surface area contributed by atoms with Gasteiger partial charge in [0.1, 0.15) is 10.6 Å². The Labute approximate surface area is 144 Å². The largest absolute Gasteiger partial charge is 0.356 e. The molecule has 4 rings (SSSR count). The number of anilines is 1. The summed E-state index contributed by atoms with van der Waals surface area (Å²) in [7, 11) is 0. The highest BCUT2D eigenvalue weighted by Crippen LogP contribution is 2.39. The van der Waals surface area contributed by atoms with Gasteiger partial charge in [0.25, 0.3) is 0 Å². The highest BCUT2D eigenvalue weighted by atomic mass is 35.5. The van der Waals surface area contributed by atoms with E-state index in [0.29, 0.717) is 5.28 Å². The molecule has 0 radical (unpaired) electrons. The third-order valence-electron chi connectivity index (χ3n) is 4.38. The van der Waals surface area contributed by atoms with Crippen molar-refractivity contribution < 1.29 is 0 Å². The summed E-state index contributed by atoms with van der Waals surface area (Å²) in [5, 5.41) is 3.66. The number of thiophene rings is 1. The maximum absolute atomic E-state index is 6.20. The molecule has 2 aromatic heterocycles. The molecule has 1 aliphatic heterocycles. The summed E-state index contributed by atoms with van der Waals surface area (Å²) in [6.45, 7) is 2.10. The second kappa shape index (κ2) is 6.46. The van der Waals surface area contributed by atoms with E-state index in [1.54, 1.807) is 11.3 Å². The van der Waals surface area contributed by atoms with Crippen molar-refractivity contribution in [2.75, 3.05) is 18.0 Å². The molecule has 1 fully saturated rings. The van der Waals surface area contributed by atoms with Crippen LogP contribution >= 0.6 is 22.9 Å². The fourth-order valence-corrected chi connectivity index (χ4v) is 4.40. The molecule has 1 aliphatic rings. The fourth-order valence-electron chi connectivity index (χ4n) is 3.24.